The van der Waals surface area contributed by atoms with Crippen LogP contribution in [0.5, 0.6) is 0 Å². The molecule has 1 aromatic heterocycles. The molecule has 11 nitrogen and oxygen atoms in total. The Morgan fingerprint density at radius 3 is 2.14 bits per heavy atom. The van der Waals surface area contributed by atoms with E-state index in [9.17, 15) is 19.2 Å². The summed E-state index contributed by atoms with van der Waals surface area (Å²) in [6.07, 6.45) is -1.54. The van der Waals surface area contributed by atoms with Crippen LogP contribution in [0.1, 0.15) is 59.7 Å². The predicted octanol–water partition coefficient (Wildman–Crippen LogP) is 3.35. The largest absolute Gasteiger partial charge is 0.450 e. The van der Waals surface area contributed by atoms with Gasteiger partial charge >= 0.3 is 18.2 Å². The van der Waals surface area contributed by atoms with Gasteiger partial charge in [-0.1, -0.05) is 30.3 Å². The van der Waals surface area contributed by atoms with Crippen molar-refractivity contribution in [1.29, 1.82) is 0 Å². The van der Waals surface area contributed by atoms with Gasteiger partial charge in [0.15, 0.2) is 0 Å². The number of esters is 1. The number of rotatable bonds is 8. The van der Waals surface area contributed by atoms with E-state index in [-0.39, 0.29) is 13.0 Å². The average Bonchev–Trinajstić information content (AvgIpc) is 3.22. The zero-order chi connectivity index (χ0) is 27.8. The van der Waals surface area contributed by atoms with Crippen molar-refractivity contribution >= 4 is 24.1 Å². The van der Waals surface area contributed by atoms with E-state index in [1.54, 1.807) is 47.6 Å². The molecule has 37 heavy (non-hydrogen) atoms. The molecule has 2 amide bonds. The summed E-state index contributed by atoms with van der Waals surface area (Å²) in [5.41, 5.74) is -0.342. The molecule has 0 radical (unpaired) electrons. The summed E-state index contributed by atoms with van der Waals surface area (Å²) < 4.78 is 17.0. The van der Waals surface area contributed by atoms with Crippen LogP contribution in [-0.2, 0) is 36.8 Å². The fourth-order valence-electron chi connectivity index (χ4n) is 3.18. The maximum atomic E-state index is 13.1. The van der Waals surface area contributed by atoms with Gasteiger partial charge in [-0.05, 0) is 53.2 Å². The molecule has 0 fully saturated rings. The summed E-state index contributed by atoms with van der Waals surface area (Å²) in [6.45, 7) is 11.6. The fourth-order valence-corrected chi connectivity index (χ4v) is 3.18. The summed E-state index contributed by atoms with van der Waals surface area (Å²) in [5, 5.41) is 9.56. The standard InChI is InChI=1S/C26H36N4O7/c1-17(31)35-21(22(32)27-16-18-11-9-8-10-12-18)20(28-23(33)36-25(2,3)4)15-19-13-14-30(29-19)24(34)37-26(5,6)7/h8-14,20-21H,15-16H2,1-7H3,(H,27,32)(H,28,33). The van der Waals surface area contributed by atoms with Crippen molar-refractivity contribution in [1.82, 2.24) is 20.4 Å². The van der Waals surface area contributed by atoms with E-state index in [4.69, 9.17) is 14.2 Å². The zero-order valence-corrected chi connectivity index (χ0v) is 22.4. The summed E-state index contributed by atoms with van der Waals surface area (Å²) >= 11 is 0. The highest BCUT2D eigenvalue weighted by molar-refractivity contribution is 5.85. The van der Waals surface area contributed by atoms with Crippen molar-refractivity contribution in [3.05, 3.63) is 53.9 Å². The molecule has 0 spiro atoms. The van der Waals surface area contributed by atoms with Gasteiger partial charge in [-0.3, -0.25) is 9.59 Å². The van der Waals surface area contributed by atoms with Gasteiger partial charge in [0.05, 0.1) is 11.7 Å². The zero-order valence-electron chi connectivity index (χ0n) is 22.4. The Hall–Kier alpha value is -3.89. The highest BCUT2D eigenvalue weighted by atomic mass is 16.6. The van der Waals surface area contributed by atoms with Crippen LogP contribution in [0.15, 0.2) is 42.6 Å². The second kappa shape index (κ2) is 12.4. The lowest BCUT2D eigenvalue weighted by Crippen LogP contribution is -2.54. The van der Waals surface area contributed by atoms with Gasteiger partial charge in [0, 0.05) is 26.1 Å². The molecule has 0 aliphatic carbocycles. The Balaban J connectivity index is 2.29. The molecule has 2 unspecified atom stereocenters. The molecule has 0 saturated carbocycles. The molecule has 0 bridgehead atoms. The quantitative estimate of drug-likeness (QED) is 0.402. The van der Waals surface area contributed by atoms with Crippen molar-refractivity contribution in [3.8, 4) is 0 Å². The molecular weight excluding hydrogens is 480 g/mol. The summed E-state index contributed by atoms with van der Waals surface area (Å²) in [5.74, 6) is -1.33. The monoisotopic (exact) mass is 516 g/mol. The number of ether oxygens (including phenoxy) is 3. The van der Waals surface area contributed by atoms with Crippen LogP contribution in [0.4, 0.5) is 9.59 Å². The summed E-state index contributed by atoms with van der Waals surface area (Å²) in [4.78, 5) is 50.0. The Kier molecular flexibility index (Phi) is 9.81. The van der Waals surface area contributed by atoms with E-state index in [0.29, 0.717) is 5.69 Å². The van der Waals surface area contributed by atoms with E-state index >= 15 is 0 Å². The molecule has 0 saturated heterocycles. The molecule has 2 atom stereocenters. The molecule has 2 N–H and O–H groups in total. The van der Waals surface area contributed by atoms with Crippen molar-refractivity contribution in [2.75, 3.05) is 0 Å². The van der Waals surface area contributed by atoms with E-state index in [2.05, 4.69) is 15.7 Å². The molecule has 1 heterocycles. The molecule has 0 aliphatic rings. The lowest BCUT2D eigenvalue weighted by molar-refractivity contribution is -0.155. The molecular formula is C26H36N4O7. The van der Waals surface area contributed by atoms with Crippen LogP contribution in [0.3, 0.4) is 0 Å². The lowest BCUT2D eigenvalue weighted by Gasteiger charge is -2.28. The van der Waals surface area contributed by atoms with Gasteiger partial charge in [0.2, 0.25) is 6.10 Å². The number of amides is 2. The number of benzene rings is 1. The van der Waals surface area contributed by atoms with Gasteiger partial charge in [-0.2, -0.15) is 9.78 Å². The first kappa shape index (κ1) is 29.3. The van der Waals surface area contributed by atoms with E-state index in [0.717, 1.165) is 10.2 Å². The number of aromatic nitrogens is 2. The number of hydrogen-bond acceptors (Lipinski definition) is 8. The Morgan fingerprint density at radius 1 is 0.946 bits per heavy atom. The molecule has 202 valence electrons. The number of carbonyl (C=O) groups excluding carboxylic acids is 4. The van der Waals surface area contributed by atoms with Crippen molar-refractivity contribution in [2.45, 2.75) is 84.8 Å². The van der Waals surface area contributed by atoms with Crippen LogP contribution in [0, 0.1) is 0 Å². The minimum Gasteiger partial charge on any atom is -0.450 e. The predicted molar refractivity (Wildman–Crippen MR) is 135 cm³/mol. The fraction of sp³-hybridized carbons (Fsp3) is 0.500. The van der Waals surface area contributed by atoms with Crippen molar-refractivity contribution in [2.24, 2.45) is 0 Å². The van der Waals surface area contributed by atoms with E-state index < -0.39 is 47.4 Å². The second-order valence-corrected chi connectivity index (χ2v) is 10.4. The van der Waals surface area contributed by atoms with E-state index in [1.165, 1.54) is 13.1 Å². The summed E-state index contributed by atoms with van der Waals surface area (Å²) in [7, 11) is 0. The number of alkyl carbamates (subject to hydrolysis) is 1. The Morgan fingerprint density at radius 2 is 1.57 bits per heavy atom. The lowest BCUT2D eigenvalue weighted by atomic mass is 10.0. The van der Waals surface area contributed by atoms with Gasteiger partial charge in [-0.15, -0.1) is 0 Å². The Labute approximate surface area is 216 Å². The average molecular weight is 517 g/mol. The second-order valence-electron chi connectivity index (χ2n) is 10.4. The first-order valence-electron chi connectivity index (χ1n) is 11.9. The van der Waals surface area contributed by atoms with Crippen molar-refractivity contribution < 1.29 is 33.4 Å². The summed E-state index contributed by atoms with van der Waals surface area (Å²) in [6, 6.07) is 9.67. The SMILES string of the molecule is CC(=O)OC(C(=O)NCc1ccccc1)C(Cc1ccn(C(=O)OC(C)(C)C)n1)NC(=O)OC(C)(C)C. The van der Waals surface area contributed by atoms with Crippen LogP contribution < -0.4 is 10.6 Å². The highest BCUT2D eigenvalue weighted by Gasteiger charge is 2.34. The molecule has 1 aromatic carbocycles. The number of hydrogen-bond donors (Lipinski definition) is 2. The van der Waals surface area contributed by atoms with Crippen LogP contribution >= 0.6 is 0 Å². The third-order valence-electron chi connectivity index (χ3n) is 4.58. The van der Waals surface area contributed by atoms with Gasteiger partial charge in [0.1, 0.15) is 11.2 Å². The highest BCUT2D eigenvalue weighted by Crippen LogP contribution is 2.14. The third-order valence-corrected chi connectivity index (χ3v) is 4.58. The molecule has 11 heteroatoms. The van der Waals surface area contributed by atoms with Crippen LogP contribution in [0.2, 0.25) is 0 Å². The normalized spacial score (nSPS) is 13.2. The smallest absolute Gasteiger partial charge is 0.435 e. The maximum Gasteiger partial charge on any atom is 0.435 e. The van der Waals surface area contributed by atoms with Gasteiger partial charge < -0.3 is 24.8 Å². The molecule has 2 aromatic rings. The minimum atomic E-state index is -1.40. The van der Waals surface area contributed by atoms with Gasteiger partial charge in [0.25, 0.3) is 5.91 Å². The minimum absolute atomic E-state index is 0.0499. The topological polar surface area (TPSA) is 138 Å². The Bertz CT molecular complexity index is 1080. The van der Waals surface area contributed by atoms with Crippen LogP contribution in [0.25, 0.3) is 0 Å². The van der Waals surface area contributed by atoms with Crippen molar-refractivity contribution in [3.63, 3.8) is 0 Å². The molecule has 2 rings (SSSR count). The first-order chi connectivity index (χ1) is 17.1. The third kappa shape index (κ3) is 10.7. The number of carbonyl (C=O) groups is 4. The van der Waals surface area contributed by atoms with Gasteiger partial charge in [-0.25, -0.2) is 9.59 Å². The number of nitrogens with one attached hydrogen (secondary N) is 2. The maximum absolute atomic E-state index is 13.1. The van der Waals surface area contributed by atoms with Crippen LogP contribution in [-0.4, -0.2) is 57.2 Å². The molecule has 0 aliphatic heterocycles. The number of nitrogens with zero attached hydrogens (tertiary/aromatic N) is 2. The first-order valence-corrected chi connectivity index (χ1v) is 11.9. The van der Waals surface area contributed by atoms with E-state index in [1.807, 2.05) is 30.3 Å².